The highest BCUT2D eigenvalue weighted by atomic mass is 19.3. The normalized spacial score (nSPS) is 14.8. The number of likely N-dealkylation sites (tertiary alicyclic amines) is 1. The second-order valence-electron chi connectivity index (χ2n) is 7.75. The number of rotatable bonds is 5. The molecule has 1 fully saturated rings. The first-order valence-corrected chi connectivity index (χ1v) is 9.99. The molecule has 1 saturated heterocycles. The van der Waals surface area contributed by atoms with Gasteiger partial charge in [-0.05, 0) is 61.5 Å². The lowest BCUT2D eigenvalue weighted by Gasteiger charge is -2.30. The molecule has 0 bridgehead atoms. The van der Waals surface area contributed by atoms with Crippen molar-refractivity contribution in [2.75, 3.05) is 13.1 Å². The maximum Gasteiger partial charge on any atom is 0.298 e. The maximum atomic E-state index is 14.9. The van der Waals surface area contributed by atoms with Gasteiger partial charge in [-0.1, -0.05) is 36.4 Å². The highest BCUT2D eigenvalue weighted by Gasteiger charge is 2.34. The van der Waals surface area contributed by atoms with Crippen LogP contribution in [0.15, 0.2) is 77.2 Å². The first-order chi connectivity index (χ1) is 14.5. The number of hydrogen-bond acceptors (Lipinski definition) is 2. The van der Waals surface area contributed by atoms with E-state index >= 15 is 0 Å². The van der Waals surface area contributed by atoms with Crippen LogP contribution < -0.4 is 0 Å². The number of nitrogens with zero attached hydrogens (tertiary/aromatic N) is 1. The van der Waals surface area contributed by atoms with E-state index in [4.69, 9.17) is 4.42 Å². The SMILES string of the molecule is Fc1cc(CN2CCC2)ccc1-c1cc2cc(C(F)(F)c3ccccc3)ccc2o1. The summed E-state index contributed by atoms with van der Waals surface area (Å²) >= 11 is 0. The van der Waals surface area contributed by atoms with Crippen molar-refractivity contribution in [1.29, 1.82) is 0 Å². The molecule has 152 valence electrons. The molecule has 1 aromatic heterocycles. The highest BCUT2D eigenvalue weighted by Crippen LogP contribution is 2.38. The zero-order valence-electron chi connectivity index (χ0n) is 16.2. The second kappa shape index (κ2) is 7.33. The van der Waals surface area contributed by atoms with Crippen molar-refractivity contribution in [2.45, 2.75) is 18.9 Å². The minimum Gasteiger partial charge on any atom is -0.456 e. The molecule has 0 aliphatic carbocycles. The molecule has 5 heteroatoms. The Kier molecular flexibility index (Phi) is 4.63. The molecular formula is C25H20F3NO. The Bertz CT molecular complexity index is 1200. The van der Waals surface area contributed by atoms with Gasteiger partial charge in [0.05, 0.1) is 5.56 Å². The first kappa shape index (κ1) is 18.9. The summed E-state index contributed by atoms with van der Waals surface area (Å²) in [6.45, 7) is 2.82. The number of furan rings is 1. The van der Waals surface area contributed by atoms with Gasteiger partial charge >= 0.3 is 0 Å². The van der Waals surface area contributed by atoms with E-state index in [2.05, 4.69) is 4.90 Å². The van der Waals surface area contributed by atoms with Crippen LogP contribution in [-0.2, 0) is 12.5 Å². The third kappa shape index (κ3) is 3.39. The molecule has 0 spiro atoms. The van der Waals surface area contributed by atoms with E-state index in [0.717, 1.165) is 25.2 Å². The standard InChI is InChI=1S/C25H20F3NO/c26-22-13-17(16-29-11-4-12-29)7-9-21(22)24-15-18-14-20(8-10-23(18)30-24)25(27,28)19-5-2-1-3-6-19/h1-3,5-10,13-15H,4,11-12,16H2. The Hall–Kier alpha value is -3.05. The molecule has 2 nitrogen and oxygen atoms in total. The quantitative estimate of drug-likeness (QED) is 0.371. The number of alkyl halides is 2. The lowest BCUT2D eigenvalue weighted by molar-refractivity contribution is 0.0430. The van der Waals surface area contributed by atoms with Gasteiger partial charge in [-0.2, -0.15) is 8.78 Å². The zero-order valence-corrected chi connectivity index (χ0v) is 16.2. The fourth-order valence-electron chi connectivity index (χ4n) is 3.84. The van der Waals surface area contributed by atoms with E-state index in [9.17, 15) is 13.2 Å². The van der Waals surface area contributed by atoms with Crippen LogP contribution in [-0.4, -0.2) is 18.0 Å². The van der Waals surface area contributed by atoms with Crippen LogP contribution in [0.1, 0.15) is 23.1 Å². The van der Waals surface area contributed by atoms with E-state index in [1.165, 1.54) is 42.8 Å². The summed E-state index contributed by atoms with van der Waals surface area (Å²) in [5.74, 6) is -3.17. The molecule has 0 atom stereocenters. The largest absolute Gasteiger partial charge is 0.456 e. The van der Waals surface area contributed by atoms with Gasteiger partial charge in [-0.15, -0.1) is 0 Å². The van der Waals surface area contributed by atoms with Gasteiger partial charge in [0.2, 0.25) is 0 Å². The topological polar surface area (TPSA) is 16.4 Å². The Balaban J connectivity index is 1.47. The molecule has 3 aromatic carbocycles. The Morgan fingerprint density at radius 2 is 1.67 bits per heavy atom. The molecule has 1 aliphatic heterocycles. The van der Waals surface area contributed by atoms with Crippen LogP contribution in [0.25, 0.3) is 22.3 Å². The predicted molar refractivity (Wildman–Crippen MR) is 111 cm³/mol. The smallest absolute Gasteiger partial charge is 0.298 e. The third-order valence-electron chi connectivity index (χ3n) is 5.67. The van der Waals surface area contributed by atoms with E-state index in [1.54, 1.807) is 30.3 Å². The summed E-state index contributed by atoms with van der Waals surface area (Å²) in [6, 6.07) is 18.7. The molecule has 0 unspecified atom stereocenters. The fraction of sp³-hybridized carbons (Fsp3) is 0.200. The molecule has 0 radical (unpaired) electrons. The Labute approximate surface area is 172 Å². The van der Waals surface area contributed by atoms with Crippen LogP contribution >= 0.6 is 0 Å². The van der Waals surface area contributed by atoms with E-state index in [0.29, 0.717) is 22.3 Å². The summed E-state index contributed by atoms with van der Waals surface area (Å²) in [7, 11) is 0. The van der Waals surface area contributed by atoms with Crippen LogP contribution in [0, 0.1) is 5.82 Å². The van der Waals surface area contributed by atoms with Crippen molar-refractivity contribution >= 4 is 11.0 Å². The summed E-state index contributed by atoms with van der Waals surface area (Å²) < 4.78 is 50.3. The average molecular weight is 407 g/mol. The minimum absolute atomic E-state index is 0.0723. The first-order valence-electron chi connectivity index (χ1n) is 9.99. The number of fused-ring (bicyclic) bond motifs is 1. The summed E-state index contributed by atoms with van der Waals surface area (Å²) in [5.41, 5.74) is 1.49. The molecule has 2 heterocycles. The average Bonchev–Trinajstić information content (AvgIpc) is 3.14. The van der Waals surface area contributed by atoms with Crippen LogP contribution in [0.4, 0.5) is 13.2 Å². The van der Waals surface area contributed by atoms with Gasteiger partial charge in [0, 0.05) is 23.1 Å². The minimum atomic E-state index is -3.13. The van der Waals surface area contributed by atoms with Gasteiger partial charge in [-0.3, -0.25) is 4.90 Å². The molecule has 0 amide bonds. The monoisotopic (exact) mass is 407 g/mol. The lowest BCUT2D eigenvalue weighted by Crippen LogP contribution is -2.36. The second-order valence-corrected chi connectivity index (χ2v) is 7.75. The van der Waals surface area contributed by atoms with E-state index < -0.39 is 5.92 Å². The van der Waals surface area contributed by atoms with E-state index in [1.807, 2.05) is 6.07 Å². The van der Waals surface area contributed by atoms with Crippen molar-refractivity contribution in [2.24, 2.45) is 0 Å². The van der Waals surface area contributed by atoms with Gasteiger partial charge in [0.25, 0.3) is 5.92 Å². The molecule has 0 saturated carbocycles. The van der Waals surface area contributed by atoms with Crippen molar-refractivity contribution in [3.8, 4) is 11.3 Å². The summed E-state index contributed by atoms with van der Waals surface area (Å²) in [5, 5.41) is 0.516. The predicted octanol–water partition coefficient (Wildman–Crippen LogP) is 6.58. The van der Waals surface area contributed by atoms with Crippen molar-refractivity contribution in [3.63, 3.8) is 0 Å². The van der Waals surface area contributed by atoms with Crippen molar-refractivity contribution in [3.05, 3.63) is 95.3 Å². The number of halogens is 3. The number of benzene rings is 3. The highest BCUT2D eigenvalue weighted by molar-refractivity contribution is 5.84. The molecule has 1 aliphatic rings. The van der Waals surface area contributed by atoms with Crippen molar-refractivity contribution < 1.29 is 17.6 Å². The molecule has 4 aromatic rings. The fourth-order valence-corrected chi connectivity index (χ4v) is 3.84. The Morgan fingerprint density at radius 3 is 2.37 bits per heavy atom. The van der Waals surface area contributed by atoms with Gasteiger partial charge in [0.15, 0.2) is 0 Å². The van der Waals surface area contributed by atoms with Crippen LogP contribution in [0.5, 0.6) is 0 Å². The summed E-state index contributed by atoms with van der Waals surface area (Å²) in [6.07, 6.45) is 1.19. The molecular weight excluding hydrogens is 387 g/mol. The lowest BCUT2D eigenvalue weighted by atomic mass is 9.99. The van der Waals surface area contributed by atoms with Crippen molar-refractivity contribution in [1.82, 2.24) is 4.90 Å². The zero-order chi connectivity index (χ0) is 20.7. The van der Waals surface area contributed by atoms with Crippen LogP contribution in [0.3, 0.4) is 0 Å². The van der Waals surface area contributed by atoms with E-state index in [-0.39, 0.29) is 16.9 Å². The third-order valence-corrected chi connectivity index (χ3v) is 5.67. The molecule has 0 N–H and O–H groups in total. The van der Waals surface area contributed by atoms with Gasteiger partial charge in [-0.25, -0.2) is 4.39 Å². The molecule has 30 heavy (non-hydrogen) atoms. The van der Waals surface area contributed by atoms with Gasteiger partial charge in [0.1, 0.15) is 17.2 Å². The number of hydrogen-bond donors (Lipinski definition) is 0. The molecule has 5 rings (SSSR count). The van der Waals surface area contributed by atoms with Gasteiger partial charge < -0.3 is 4.42 Å². The van der Waals surface area contributed by atoms with Crippen LogP contribution in [0.2, 0.25) is 0 Å². The maximum absolute atomic E-state index is 14.9. The summed E-state index contributed by atoms with van der Waals surface area (Å²) in [4.78, 5) is 2.25. The Morgan fingerprint density at radius 1 is 0.867 bits per heavy atom.